The molecular weight excluding hydrogens is 2050 g/mol. The maximum absolute atomic E-state index is 13.0. The van der Waals surface area contributed by atoms with Crippen molar-refractivity contribution in [2.75, 3.05) is 93.4 Å². The number of hydrogen-bond acceptors (Lipinski definition) is 40. The van der Waals surface area contributed by atoms with E-state index in [0.29, 0.717) is 42.8 Å². The third-order valence-corrected chi connectivity index (χ3v) is 29.3. The second kappa shape index (κ2) is 48.8. The number of sulfone groups is 1. The molecule has 12 N–H and O–H groups in total. The molecule has 0 unspecified atom stereocenters. The Morgan fingerprint density at radius 1 is 0.526 bits per heavy atom. The fraction of sp³-hybridized carbons (Fsp3) is 0.271. The van der Waals surface area contributed by atoms with E-state index in [0.717, 1.165) is 95.8 Å². The molecule has 7 saturated heterocycles. The predicted octanol–water partition coefficient (Wildman–Crippen LogP) is -0.0743. The summed E-state index contributed by atoms with van der Waals surface area (Å²) in [6.07, 6.45) is 0.194. The van der Waals surface area contributed by atoms with Gasteiger partial charge in [-0.05, 0) is 73.3 Å². The first-order valence-corrected chi connectivity index (χ1v) is 46.4. The van der Waals surface area contributed by atoms with E-state index in [1.807, 2.05) is 0 Å². The zero-order valence-corrected chi connectivity index (χ0v) is 78.0. The topological polar surface area (TPSA) is 719 Å². The summed E-state index contributed by atoms with van der Waals surface area (Å²) in [6.45, 7) is 7.37. The number of ketones is 1. The molecular formula is C70H59N13O36S14. The number of nitrogens with zero attached hydrogens (tertiary/aromatic N) is 13. The largest absolute Gasteiger partial charge is 0.481 e. The van der Waals surface area contributed by atoms with Gasteiger partial charge in [-0.25, -0.2) is 38.4 Å². The number of rotatable bonds is 23. The van der Waals surface area contributed by atoms with Gasteiger partial charge in [0.25, 0.3) is 23.1 Å². The van der Waals surface area contributed by atoms with E-state index in [2.05, 4.69) is 21.4 Å². The van der Waals surface area contributed by atoms with E-state index in [4.69, 9.17) is 129 Å². The van der Waals surface area contributed by atoms with Crippen LogP contribution in [0.25, 0.3) is 20.4 Å². The monoisotopic (exact) mass is 2100 g/mol. The lowest BCUT2D eigenvalue weighted by atomic mass is 10.0. The Morgan fingerprint density at radius 2 is 0.970 bits per heavy atom. The summed E-state index contributed by atoms with van der Waals surface area (Å²) >= 11 is 32.6. The smallest absolute Gasteiger partial charge is 0.335 e. The molecule has 63 heteroatoms. The van der Waals surface area contributed by atoms with Gasteiger partial charge in [0.15, 0.2) is 20.7 Å². The molecule has 0 radical (unpaired) electrons. The van der Waals surface area contributed by atoms with Crippen molar-refractivity contribution in [3.63, 3.8) is 0 Å². The van der Waals surface area contributed by atoms with Crippen molar-refractivity contribution in [3.05, 3.63) is 118 Å². The summed E-state index contributed by atoms with van der Waals surface area (Å²) in [6, 6.07) is 9.85. The van der Waals surface area contributed by atoms with Crippen LogP contribution in [-0.2, 0) is 103 Å². The van der Waals surface area contributed by atoms with Crippen LogP contribution in [0.5, 0.6) is 0 Å². The van der Waals surface area contributed by atoms with Gasteiger partial charge < -0.3 is 61.1 Å². The molecule has 10 aliphatic heterocycles. The second-order valence-electron chi connectivity index (χ2n) is 25.7. The highest BCUT2D eigenvalue weighted by Crippen LogP contribution is 2.42. The quantitative estimate of drug-likeness (QED) is 0.0112. The number of nitriles is 1. The number of hydrogen-bond donors (Lipinski definition) is 12. The molecule has 0 saturated carbocycles. The number of aromatic carboxylic acids is 2. The Kier molecular flexibility index (Phi) is 40.0. The number of amides is 8. The van der Waals surface area contributed by atoms with Crippen LogP contribution in [0.2, 0.25) is 0 Å². The van der Waals surface area contributed by atoms with Gasteiger partial charge in [0.1, 0.15) is 100 Å². The summed E-state index contributed by atoms with van der Waals surface area (Å²) < 4.78 is 25.3. The van der Waals surface area contributed by atoms with E-state index in [1.165, 1.54) is 70.5 Å². The van der Waals surface area contributed by atoms with Gasteiger partial charge in [-0.1, -0.05) is 119 Å². The van der Waals surface area contributed by atoms with E-state index in [-0.39, 0.29) is 161 Å². The first-order valence-electron chi connectivity index (χ1n) is 35.4. The molecule has 0 aliphatic carbocycles. The lowest BCUT2D eigenvalue weighted by Crippen LogP contribution is -2.38. The number of thioether (sulfide) groups is 7. The van der Waals surface area contributed by atoms with E-state index in [9.17, 15) is 114 Å². The van der Waals surface area contributed by atoms with Gasteiger partial charge in [-0.15, -0.1) is 23.1 Å². The summed E-state index contributed by atoms with van der Waals surface area (Å²) in [5, 5.41) is 118. The zero-order valence-electron chi connectivity index (χ0n) is 66.6. The molecule has 2 aromatic carbocycles. The molecule has 10 aliphatic rings. The number of Topliss-reactive ketones (excluding diaryl/α,β-unsaturated/α-hetero) is 1. The summed E-state index contributed by atoms with van der Waals surface area (Å²) in [7, 11) is -3.61. The highest BCUT2D eigenvalue weighted by atomic mass is 32.2. The number of benzene rings is 2. The molecule has 0 spiro atoms. The number of allylic oxidation sites excluding steroid dienone is 1. The Bertz CT molecular complexity index is 6080. The minimum absolute atomic E-state index is 0.0168. The van der Waals surface area contributed by atoms with E-state index in [1.54, 1.807) is 19.1 Å². The normalized spacial score (nSPS) is 18.4. The average molecular weight is 2110 g/mol. The van der Waals surface area contributed by atoms with Crippen molar-refractivity contribution >= 4 is 327 Å². The third-order valence-electron chi connectivity index (χ3n) is 16.5. The Morgan fingerprint density at radius 3 is 1.43 bits per heavy atom. The predicted molar refractivity (Wildman–Crippen MR) is 487 cm³/mol. The van der Waals surface area contributed by atoms with Crippen LogP contribution < -0.4 is 14.8 Å². The first-order chi connectivity index (χ1) is 62.2. The summed E-state index contributed by atoms with van der Waals surface area (Å²) in [5.74, 6) is -15.9. The van der Waals surface area contributed by atoms with Crippen molar-refractivity contribution in [1.29, 1.82) is 5.26 Å². The minimum atomic E-state index is -3.61. The lowest BCUT2D eigenvalue weighted by Gasteiger charge is -2.17. The number of hydrazone groups is 1. The fourth-order valence-electron chi connectivity index (χ4n) is 10.9. The van der Waals surface area contributed by atoms with E-state index >= 15 is 0 Å². The van der Waals surface area contributed by atoms with Crippen LogP contribution in [0.3, 0.4) is 0 Å². The number of carbonyl (C=O) groups excluding carboxylic acids is 9. The number of carboxylic acids is 11. The van der Waals surface area contributed by atoms with Crippen LogP contribution in [0.15, 0.2) is 84.2 Å². The highest BCUT2D eigenvalue weighted by molar-refractivity contribution is 8.30. The van der Waals surface area contributed by atoms with Crippen LogP contribution in [0.1, 0.15) is 56.4 Å². The number of aliphatic carboxylic acids is 9. The average Bonchev–Trinajstić information content (AvgIpc) is 1.21. The summed E-state index contributed by atoms with van der Waals surface area (Å²) in [5.41, 5.74) is 0.345. The Labute approximate surface area is 803 Å². The zero-order chi connectivity index (χ0) is 100.0. The second-order valence-corrected chi connectivity index (χ2v) is 38.5. The molecule has 133 heavy (non-hydrogen) atoms. The van der Waals surface area contributed by atoms with Gasteiger partial charge in [-0.3, -0.25) is 135 Å². The van der Waals surface area contributed by atoms with Crippen molar-refractivity contribution in [2.24, 2.45) is 5.10 Å². The van der Waals surface area contributed by atoms with Crippen molar-refractivity contribution in [2.45, 2.75) is 36.1 Å². The number of carboxylic acid groups (broad SMARTS) is 11. The standard InChI is InChI=1S/C15H11N3O9S4.C12H6N2O4S.C10H8N2O6S3.C9H6O3S.C7H8N2O5S.C6H8N2O3.C6H7NO3S2.C5H5NO3S2/c19-5-4-29-13(16(5)1-6(20)21)9-11(26)17(2-7(22)23)14(30-9)10-12(27)18(3-8(24)25)15(28)31-10;1-14-10(5-13)9-6-19(17,18)11-3-2-7(12(15)16)4-8(9)11;13-4-3-20-9(11(4)1-5(14)15)7-8(18)12(2-6(16)17)10(19)21-7;10-7-4-13-8-2-1-5(9(11)12)3-6(7)8;1-4(14-13)8-2-5(10)9(7(8)15)3-6(11)12;1-4-2-5(9)8(7-4)3-6(10)11;8-4-3-12-6(11)7(4)2-1-5(9)10;7-3-2-11-5(10)6(3)1-4(8)9/h1-4H2,(H,20,21)(H,22,23)(H,24,25);2-4H,6H2,(H,15,16);1-3H2,(H,14,15)(H,16,17);1-3H,4H2,(H,11,12);13H,1-3H2,(H,11,12);2-3H2,1H3,(H,10,11);1-3H2,(H,9,10);1-2H2,(H,8,9)/b13-9+,14-10-;10-9+;9-7+;;;;;. The molecule has 13 rings (SSSR count). The van der Waals surface area contributed by atoms with Crippen LogP contribution in [0, 0.1) is 17.9 Å². The third kappa shape index (κ3) is 29.5. The van der Waals surface area contributed by atoms with Gasteiger partial charge in [-0.2, -0.15) is 5.10 Å². The van der Waals surface area contributed by atoms with Crippen molar-refractivity contribution < 1.29 is 171 Å². The van der Waals surface area contributed by atoms with Gasteiger partial charge in [0, 0.05) is 22.7 Å². The molecule has 0 bridgehead atoms. The fourth-order valence-corrected chi connectivity index (χ4v) is 22.2. The number of thiazole rings is 1. The maximum atomic E-state index is 13.0. The Hall–Kier alpha value is -12.5. The molecule has 3 aromatic rings. The van der Waals surface area contributed by atoms with Gasteiger partial charge >= 0.3 is 65.7 Å². The van der Waals surface area contributed by atoms with Gasteiger partial charge in [0.2, 0.25) is 41.3 Å². The molecule has 8 amide bonds. The molecule has 7 fully saturated rings. The molecule has 49 nitrogen and oxygen atoms in total. The van der Waals surface area contributed by atoms with E-state index < -0.39 is 156 Å². The van der Waals surface area contributed by atoms with Crippen LogP contribution in [-0.4, -0.2) is 359 Å². The lowest BCUT2D eigenvalue weighted by molar-refractivity contribution is -0.217. The molecule has 1 aromatic heterocycles. The molecule has 0 atom stereocenters. The summed E-state index contributed by atoms with van der Waals surface area (Å²) in [4.78, 5) is 250. The number of thiocarbonyl (C=S) groups is 5. The highest BCUT2D eigenvalue weighted by Gasteiger charge is 2.43. The van der Waals surface area contributed by atoms with Crippen molar-refractivity contribution in [1.82, 2.24) is 48.8 Å². The maximum Gasteiger partial charge on any atom is 0.335 e. The number of aromatic nitrogens is 1. The first kappa shape index (κ1) is 109. The Balaban J connectivity index is 0.000000240. The SMILES string of the molecule is C=C(OO)N1CC(=O)N(CC(=O)O)C1=S.CC1=NN(CC(=O)O)C(=O)C1.O=C(O)CCN1C(=O)CSC1=S.O=C(O)CN1C(=O)/C(=C2\SCC(=O)N2CC(=O)O)SC1=S.O=C(O)CN1C(=O)/C(=c2/s/c(=C3/SCC(=O)N3CC(=O)O)c(=O)n2CC(=O)O)SC1=S.O=C(O)CN1C(=O)CSC1=S.O=C(O)c1ccc2c(c1)C(=O)CS2.[C-]#[N+]/C(C#N)=C1\CS(=O)(=O)c2ccc(C(=O)O)cc21. The molecule has 11 heterocycles. The van der Waals surface area contributed by atoms with Gasteiger partial charge in [0.05, 0.1) is 81.1 Å². The van der Waals surface area contributed by atoms with Crippen LogP contribution in [0.4, 0.5) is 0 Å². The number of carbonyl (C=O) groups is 20. The van der Waals surface area contributed by atoms with Crippen LogP contribution >= 0.6 is 155 Å². The minimum Gasteiger partial charge on any atom is -0.481 e. The van der Waals surface area contributed by atoms with Crippen molar-refractivity contribution in [3.8, 4) is 6.07 Å². The number of fused-ring (bicyclic) bond motifs is 2. The molecule has 704 valence electrons.